The molecule has 120 valence electrons. The molecule has 0 saturated heterocycles. The summed E-state index contributed by atoms with van der Waals surface area (Å²) < 4.78 is 6.19. The molecule has 0 bridgehead atoms. The molecule has 0 atom stereocenters. The van der Waals surface area contributed by atoms with Gasteiger partial charge in [0.05, 0.1) is 30.1 Å². The average Bonchev–Trinajstić information content (AvgIpc) is 2.98. The molecule has 1 amide bonds. The van der Waals surface area contributed by atoms with Gasteiger partial charge in [-0.3, -0.25) is 5.32 Å². The molecule has 9 nitrogen and oxygen atoms in total. The van der Waals surface area contributed by atoms with E-state index in [1.807, 2.05) is 6.07 Å². The molecule has 0 spiro atoms. The molecule has 0 aliphatic rings. The summed E-state index contributed by atoms with van der Waals surface area (Å²) in [4.78, 5) is 19.8. The van der Waals surface area contributed by atoms with E-state index < -0.39 is 6.09 Å². The van der Waals surface area contributed by atoms with E-state index in [1.165, 1.54) is 4.52 Å². The Bertz CT molecular complexity index is 958. The maximum absolute atomic E-state index is 11.4. The average molecular weight is 323 g/mol. The van der Waals surface area contributed by atoms with Crippen molar-refractivity contribution in [1.82, 2.24) is 19.6 Å². The molecule has 0 aliphatic heterocycles. The van der Waals surface area contributed by atoms with Gasteiger partial charge >= 0.3 is 6.09 Å². The van der Waals surface area contributed by atoms with Crippen LogP contribution in [0.3, 0.4) is 0 Å². The van der Waals surface area contributed by atoms with Crippen LogP contribution in [0.5, 0.6) is 0 Å². The molecule has 0 unspecified atom stereocenters. The number of hydrogen-bond acceptors (Lipinski definition) is 7. The van der Waals surface area contributed by atoms with Crippen LogP contribution in [0.2, 0.25) is 0 Å². The van der Waals surface area contributed by atoms with Crippen LogP contribution in [0.25, 0.3) is 16.9 Å². The Morgan fingerprint density at radius 1 is 1.46 bits per heavy atom. The lowest BCUT2D eigenvalue weighted by molar-refractivity contribution is 0.167. The third-order valence-electron chi connectivity index (χ3n) is 3.12. The molecular weight excluding hydrogens is 310 g/mol. The van der Waals surface area contributed by atoms with E-state index in [4.69, 9.17) is 15.7 Å². The van der Waals surface area contributed by atoms with E-state index in [0.29, 0.717) is 16.9 Å². The Balaban J connectivity index is 2.00. The number of aromatic nitrogens is 4. The highest BCUT2D eigenvalue weighted by atomic mass is 16.5. The van der Waals surface area contributed by atoms with Crippen molar-refractivity contribution >= 4 is 23.5 Å². The summed E-state index contributed by atoms with van der Waals surface area (Å²) in [6.07, 6.45) is 0.966. The predicted octanol–water partition coefficient (Wildman–Crippen LogP) is 1.81. The van der Waals surface area contributed by atoms with Crippen molar-refractivity contribution in [3.8, 4) is 17.3 Å². The largest absolute Gasteiger partial charge is 0.450 e. The van der Waals surface area contributed by atoms with E-state index in [9.17, 15) is 4.79 Å². The van der Waals surface area contributed by atoms with Crippen molar-refractivity contribution in [2.45, 2.75) is 6.92 Å². The number of nitrogens with one attached hydrogen (secondary N) is 1. The lowest BCUT2D eigenvalue weighted by Crippen LogP contribution is -2.14. The maximum atomic E-state index is 11.4. The quantitative estimate of drug-likeness (QED) is 0.751. The van der Waals surface area contributed by atoms with Gasteiger partial charge in [0.1, 0.15) is 0 Å². The van der Waals surface area contributed by atoms with Gasteiger partial charge in [0.25, 0.3) is 5.95 Å². The van der Waals surface area contributed by atoms with E-state index >= 15 is 0 Å². The standard InChI is InChI=1S/C15H13N7O2/c1-2-24-15(23)20-14-19-13-12(17)18-11(8-22(13)21-14)10-5-3-4-9(6-10)7-16/h3-6,8H,2H2,1H3,(H2,17,18)(H,20,21,23). The van der Waals surface area contributed by atoms with Crippen molar-refractivity contribution in [2.24, 2.45) is 0 Å². The molecule has 0 radical (unpaired) electrons. The van der Waals surface area contributed by atoms with E-state index in [0.717, 1.165) is 5.56 Å². The van der Waals surface area contributed by atoms with Crippen LogP contribution in [0.15, 0.2) is 30.5 Å². The molecule has 3 rings (SSSR count). The second kappa shape index (κ2) is 6.21. The monoisotopic (exact) mass is 323 g/mol. The molecule has 1 aromatic carbocycles. The van der Waals surface area contributed by atoms with Crippen LogP contribution in [0.4, 0.5) is 16.6 Å². The molecule has 3 N–H and O–H groups in total. The zero-order valence-electron chi connectivity index (χ0n) is 12.7. The number of benzene rings is 1. The van der Waals surface area contributed by atoms with Crippen molar-refractivity contribution < 1.29 is 9.53 Å². The Morgan fingerprint density at radius 3 is 3.04 bits per heavy atom. The van der Waals surface area contributed by atoms with Crippen LogP contribution in [-0.2, 0) is 4.74 Å². The Labute approximate surface area is 136 Å². The molecular formula is C15H13N7O2. The topological polar surface area (TPSA) is 131 Å². The summed E-state index contributed by atoms with van der Waals surface area (Å²) in [5.74, 6) is 0.212. The summed E-state index contributed by atoms with van der Waals surface area (Å²) >= 11 is 0. The minimum Gasteiger partial charge on any atom is -0.450 e. The number of rotatable bonds is 3. The van der Waals surface area contributed by atoms with Gasteiger partial charge in [0.15, 0.2) is 11.5 Å². The van der Waals surface area contributed by atoms with E-state index in [2.05, 4.69) is 26.5 Å². The number of amides is 1. The zero-order chi connectivity index (χ0) is 17.1. The molecule has 3 aromatic rings. The smallest absolute Gasteiger partial charge is 0.414 e. The number of fused-ring (bicyclic) bond motifs is 1. The minimum atomic E-state index is -0.651. The molecule has 24 heavy (non-hydrogen) atoms. The fourth-order valence-electron chi connectivity index (χ4n) is 2.11. The summed E-state index contributed by atoms with van der Waals surface area (Å²) in [6, 6.07) is 9.03. The SMILES string of the molecule is CCOC(=O)Nc1nc2c(N)nc(-c3cccc(C#N)c3)cn2n1. The van der Waals surface area contributed by atoms with Gasteiger partial charge in [-0.15, -0.1) is 5.10 Å². The summed E-state index contributed by atoms with van der Waals surface area (Å²) in [5, 5.41) is 15.5. The summed E-state index contributed by atoms with van der Waals surface area (Å²) in [5.41, 5.74) is 7.99. The minimum absolute atomic E-state index is 0.0601. The van der Waals surface area contributed by atoms with E-state index in [-0.39, 0.29) is 18.4 Å². The third kappa shape index (κ3) is 2.93. The first-order valence-corrected chi connectivity index (χ1v) is 7.08. The van der Waals surface area contributed by atoms with Crippen molar-refractivity contribution in [3.63, 3.8) is 0 Å². The van der Waals surface area contributed by atoms with Crippen LogP contribution in [0, 0.1) is 11.3 Å². The number of nitriles is 1. The highest BCUT2D eigenvalue weighted by molar-refractivity contribution is 5.83. The van der Waals surface area contributed by atoms with Crippen molar-refractivity contribution in [1.29, 1.82) is 5.26 Å². The highest BCUT2D eigenvalue weighted by Gasteiger charge is 2.13. The second-order valence-corrected chi connectivity index (χ2v) is 4.75. The summed E-state index contributed by atoms with van der Waals surface area (Å²) in [6.45, 7) is 1.93. The fraction of sp³-hybridized carbons (Fsp3) is 0.133. The normalized spacial score (nSPS) is 10.3. The lowest BCUT2D eigenvalue weighted by Gasteiger charge is -2.03. The maximum Gasteiger partial charge on any atom is 0.414 e. The van der Waals surface area contributed by atoms with Gasteiger partial charge in [-0.25, -0.2) is 14.3 Å². The lowest BCUT2D eigenvalue weighted by atomic mass is 10.1. The van der Waals surface area contributed by atoms with Gasteiger partial charge in [-0.1, -0.05) is 12.1 Å². The molecule has 0 saturated carbocycles. The van der Waals surface area contributed by atoms with Crippen molar-refractivity contribution in [2.75, 3.05) is 17.7 Å². The van der Waals surface area contributed by atoms with Gasteiger partial charge in [0, 0.05) is 5.56 Å². The first-order valence-electron chi connectivity index (χ1n) is 7.08. The zero-order valence-corrected chi connectivity index (χ0v) is 12.7. The molecule has 0 aliphatic carbocycles. The van der Waals surface area contributed by atoms with Gasteiger partial charge in [0.2, 0.25) is 0 Å². The fourth-order valence-corrected chi connectivity index (χ4v) is 2.11. The number of nitrogens with zero attached hydrogens (tertiary/aromatic N) is 5. The molecule has 0 fully saturated rings. The number of ether oxygens (including phenoxy) is 1. The Kier molecular flexibility index (Phi) is 3.94. The number of anilines is 2. The first kappa shape index (κ1) is 15.2. The van der Waals surface area contributed by atoms with Gasteiger partial charge < -0.3 is 10.5 Å². The number of nitrogen functional groups attached to an aromatic ring is 1. The van der Waals surface area contributed by atoms with Crippen molar-refractivity contribution in [3.05, 3.63) is 36.0 Å². The summed E-state index contributed by atoms with van der Waals surface area (Å²) in [7, 11) is 0. The number of nitrogens with two attached hydrogens (primary N) is 1. The second-order valence-electron chi connectivity index (χ2n) is 4.75. The number of carbonyl (C=O) groups excluding carboxylic acids is 1. The van der Waals surface area contributed by atoms with Gasteiger partial charge in [-0.05, 0) is 19.1 Å². The Hall–Kier alpha value is -3.67. The molecule has 9 heteroatoms. The Morgan fingerprint density at radius 2 is 2.29 bits per heavy atom. The first-order chi connectivity index (χ1) is 11.6. The van der Waals surface area contributed by atoms with E-state index in [1.54, 1.807) is 31.3 Å². The predicted molar refractivity (Wildman–Crippen MR) is 86.0 cm³/mol. The molecule has 2 heterocycles. The number of hydrogen-bond donors (Lipinski definition) is 2. The number of carbonyl (C=O) groups is 1. The van der Waals surface area contributed by atoms with Crippen LogP contribution in [-0.4, -0.2) is 32.3 Å². The molecule has 2 aromatic heterocycles. The third-order valence-corrected chi connectivity index (χ3v) is 3.12. The highest BCUT2D eigenvalue weighted by Crippen LogP contribution is 2.21. The van der Waals surface area contributed by atoms with Crippen LogP contribution < -0.4 is 11.1 Å². The van der Waals surface area contributed by atoms with Crippen LogP contribution >= 0.6 is 0 Å². The van der Waals surface area contributed by atoms with Gasteiger partial charge in [-0.2, -0.15) is 10.2 Å². The van der Waals surface area contributed by atoms with Crippen LogP contribution in [0.1, 0.15) is 12.5 Å².